The van der Waals surface area contributed by atoms with E-state index in [2.05, 4.69) is 20.6 Å². The van der Waals surface area contributed by atoms with Crippen LogP contribution in [0.25, 0.3) is 0 Å². The molecule has 0 bridgehead atoms. The monoisotopic (exact) mass is 284 g/mol. The van der Waals surface area contributed by atoms with Crippen LogP contribution < -0.4 is 10.6 Å². The number of H-pyrrole nitrogens is 1. The van der Waals surface area contributed by atoms with Crippen LogP contribution in [0.3, 0.4) is 0 Å². The molecule has 1 aliphatic rings. The van der Waals surface area contributed by atoms with Crippen LogP contribution in [-0.4, -0.2) is 33.9 Å². The number of amides is 2. The lowest BCUT2D eigenvalue weighted by atomic mass is 10.0. The maximum Gasteiger partial charge on any atom is 0.243 e. The Morgan fingerprint density at radius 1 is 0.952 bits per heavy atom. The summed E-state index contributed by atoms with van der Waals surface area (Å²) >= 11 is 0. The fraction of sp³-hybridized carbons (Fsp3) is 0.267. The van der Waals surface area contributed by atoms with Gasteiger partial charge in [-0.1, -0.05) is 30.3 Å². The van der Waals surface area contributed by atoms with Crippen LogP contribution in [0, 0.1) is 0 Å². The Morgan fingerprint density at radius 3 is 2.24 bits per heavy atom. The zero-order valence-electron chi connectivity index (χ0n) is 11.4. The molecule has 1 aromatic carbocycles. The van der Waals surface area contributed by atoms with Crippen LogP contribution in [0.5, 0.6) is 0 Å². The molecule has 2 amide bonds. The van der Waals surface area contributed by atoms with Gasteiger partial charge in [-0.2, -0.15) is 0 Å². The van der Waals surface area contributed by atoms with Crippen LogP contribution in [0.1, 0.15) is 11.3 Å². The van der Waals surface area contributed by atoms with E-state index >= 15 is 0 Å². The highest BCUT2D eigenvalue weighted by atomic mass is 16.2. The molecule has 0 saturated carbocycles. The second-order valence-electron chi connectivity index (χ2n) is 5.08. The number of imidazole rings is 1. The Hall–Kier alpha value is -2.63. The Labute approximate surface area is 122 Å². The first-order valence-corrected chi connectivity index (χ1v) is 6.85. The number of piperazine rings is 1. The number of aromatic amines is 1. The van der Waals surface area contributed by atoms with E-state index in [1.165, 1.54) is 0 Å². The second kappa shape index (κ2) is 5.78. The number of carbonyl (C=O) groups is 2. The standard InChI is InChI=1S/C15H16N4O2/c20-14-12(6-10-4-2-1-3-5-10)18-15(21)13(19-14)7-11-8-16-9-17-11/h1-5,8-9,12-13H,6-7H2,(H,16,17)(H,18,21)(H,19,20)/t12-,13-/m1/s1. The highest BCUT2D eigenvalue weighted by Gasteiger charge is 2.33. The number of rotatable bonds is 4. The molecule has 1 aromatic heterocycles. The van der Waals surface area contributed by atoms with Crippen molar-refractivity contribution in [2.24, 2.45) is 0 Å². The molecule has 2 aromatic rings. The molecule has 1 fully saturated rings. The summed E-state index contributed by atoms with van der Waals surface area (Å²) in [5, 5.41) is 5.56. The molecule has 0 spiro atoms. The predicted molar refractivity (Wildman–Crippen MR) is 76.3 cm³/mol. The average Bonchev–Trinajstić information content (AvgIpc) is 2.98. The maximum atomic E-state index is 12.1. The van der Waals surface area contributed by atoms with E-state index in [9.17, 15) is 9.59 Å². The molecule has 0 aliphatic carbocycles. The third kappa shape index (κ3) is 3.10. The first-order valence-electron chi connectivity index (χ1n) is 6.85. The number of nitrogens with one attached hydrogen (secondary N) is 3. The van der Waals surface area contributed by atoms with Crippen molar-refractivity contribution in [3.8, 4) is 0 Å². The predicted octanol–water partition coefficient (Wildman–Crippen LogP) is 0.178. The van der Waals surface area contributed by atoms with E-state index in [1.54, 1.807) is 12.5 Å². The number of benzene rings is 1. The Kier molecular flexibility index (Phi) is 3.68. The van der Waals surface area contributed by atoms with Crippen LogP contribution >= 0.6 is 0 Å². The number of hydrogen-bond acceptors (Lipinski definition) is 3. The van der Waals surface area contributed by atoms with Gasteiger partial charge in [0.05, 0.1) is 12.0 Å². The minimum atomic E-state index is -0.562. The number of nitrogens with zero attached hydrogens (tertiary/aromatic N) is 1. The number of aromatic nitrogens is 2. The van der Waals surface area contributed by atoms with Gasteiger partial charge in [0.15, 0.2) is 0 Å². The summed E-state index contributed by atoms with van der Waals surface area (Å²) in [5.41, 5.74) is 1.76. The van der Waals surface area contributed by atoms with Gasteiger partial charge < -0.3 is 15.6 Å². The molecule has 108 valence electrons. The third-order valence-corrected chi connectivity index (χ3v) is 3.52. The Bertz CT molecular complexity index is 624. The molecule has 6 nitrogen and oxygen atoms in total. The summed E-state index contributed by atoms with van der Waals surface area (Å²) in [6, 6.07) is 8.55. The van der Waals surface area contributed by atoms with Crippen molar-refractivity contribution in [1.82, 2.24) is 20.6 Å². The Balaban J connectivity index is 1.64. The number of carbonyl (C=O) groups excluding carboxylic acids is 2. The molecule has 3 rings (SSSR count). The largest absolute Gasteiger partial charge is 0.351 e. The van der Waals surface area contributed by atoms with E-state index < -0.39 is 12.1 Å². The smallest absolute Gasteiger partial charge is 0.243 e. The van der Waals surface area contributed by atoms with Gasteiger partial charge in [0.2, 0.25) is 11.8 Å². The van der Waals surface area contributed by atoms with Gasteiger partial charge in [-0.05, 0) is 5.56 Å². The quantitative estimate of drug-likeness (QED) is 0.748. The third-order valence-electron chi connectivity index (χ3n) is 3.52. The lowest BCUT2D eigenvalue weighted by molar-refractivity contribution is -0.136. The highest BCUT2D eigenvalue weighted by molar-refractivity contribution is 5.97. The second-order valence-corrected chi connectivity index (χ2v) is 5.08. The fourth-order valence-electron chi connectivity index (χ4n) is 2.42. The zero-order chi connectivity index (χ0) is 14.7. The van der Waals surface area contributed by atoms with Crippen LogP contribution in [0.15, 0.2) is 42.9 Å². The van der Waals surface area contributed by atoms with Gasteiger partial charge in [-0.3, -0.25) is 9.59 Å². The molecule has 2 atom stereocenters. The average molecular weight is 284 g/mol. The molecule has 1 saturated heterocycles. The van der Waals surface area contributed by atoms with Crippen LogP contribution in [-0.2, 0) is 22.4 Å². The minimum absolute atomic E-state index is 0.154. The number of hydrogen-bond donors (Lipinski definition) is 3. The van der Waals surface area contributed by atoms with Crippen molar-refractivity contribution < 1.29 is 9.59 Å². The van der Waals surface area contributed by atoms with Gasteiger partial charge in [-0.25, -0.2) is 4.98 Å². The topological polar surface area (TPSA) is 86.9 Å². The summed E-state index contributed by atoms with van der Waals surface area (Å²) in [7, 11) is 0. The summed E-state index contributed by atoms with van der Waals surface area (Å²) < 4.78 is 0. The maximum absolute atomic E-state index is 12.1. The van der Waals surface area contributed by atoms with Crippen molar-refractivity contribution in [2.45, 2.75) is 24.9 Å². The Morgan fingerprint density at radius 2 is 1.62 bits per heavy atom. The molecule has 6 heteroatoms. The molecule has 2 heterocycles. The first-order chi connectivity index (χ1) is 10.2. The summed E-state index contributed by atoms with van der Waals surface area (Å²) in [4.78, 5) is 31.1. The highest BCUT2D eigenvalue weighted by Crippen LogP contribution is 2.09. The van der Waals surface area contributed by atoms with Crippen molar-refractivity contribution in [3.63, 3.8) is 0 Å². The SMILES string of the molecule is O=C1N[C@H](Cc2c[nH]cn2)C(=O)N[C@@H]1Cc1ccccc1. The van der Waals surface area contributed by atoms with E-state index in [-0.39, 0.29) is 11.8 Å². The molecule has 0 radical (unpaired) electrons. The van der Waals surface area contributed by atoms with E-state index in [0.29, 0.717) is 12.8 Å². The fourth-order valence-corrected chi connectivity index (χ4v) is 2.42. The van der Waals surface area contributed by atoms with Crippen LogP contribution in [0.2, 0.25) is 0 Å². The van der Waals surface area contributed by atoms with Crippen molar-refractivity contribution in [3.05, 3.63) is 54.1 Å². The molecule has 3 N–H and O–H groups in total. The van der Waals surface area contributed by atoms with E-state index in [4.69, 9.17) is 0 Å². The summed E-state index contributed by atoms with van der Waals surface area (Å²) in [6.07, 6.45) is 4.15. The lowest BCUT2D eigenvalue weighted by Crippen LogP contribution is -2.62. The normalized spacial score (nSPS) is 21.7. The van der Waals surface area contributed by atoms with E-state index in [1.807, 2.05) is 30.3 Å². The van der Waals surface area contributed by atoms with Crippen LogP contribution in [0.4, 0.5) is 0 Å². The van der Waals surface area contributed by atoms with Gasteiger partial charge in [-0.15, -0.1) is 0 Å². The zero-order valence-corrected chi connectivity index (χ0v) is 11.4. The molecule has 0 unspecified atom stereocenters. The van der Waals surface area contributed by atoms with Gasteiger partial charge >= 0.3 is 0 Å². The first kappa shape index (κ1) is 13.4. The summed E-state index contributed by atoms with van der Waals surface area (Å²) in [6.45, 7) is 0. The lowest BCUT2D eigenvalue weighted by Gasteiger charge is -2.29. The van der Waals surface area contributed by atoms with Gasteiger partial charge in [0.1, 0.15) is 12.1 Å². The van der Waals surface area contributed by atoms with Crippen molar-refractivity contribution in [1.29, 1.82) is 0 Å². The van der Waals surface area contributed by atoms with Gasteiger partial charge in [0.25, 0.3) is 0 Å². The van der Waals surface area contributed by atoms with Gasteiger partial charge in [0, 0.05) is 19.0 Å². The summed E-state index contributed by atoms with van der Waals surface area (Å²) in [5.74, 6) is -0.322. The molecular weight excluding hydrogens is 268 g/mol. The molecule has 21 heavy (non-hydrogen) atoms. The van der Waals surface area contributed by atoms with Crippen molar-refractivity contribution in [2.75, 3.05) is 0 Å². The minimum Gasteiger partial charge on any atom is -0.351 e. The molecular formula is C15H16N4O2. The molecule has 1 aliphatic heterocycles. The van der Waals surface area contributed by atoms with E-state index in [0.717, 1.165) is 11.3 Å². The van der Waals surface area contributed by atoms with Crippen molar-refractivity contribution >= 4 is 11.8 Å².